The van der Waals surface area contributed by atoms with Crippen LogP contribution in [0.4, 0.5) is 0 Å². The summed E-state index contributed by atoms with van der Waals surface area (Å²) in [6, 6.07) is 3.88. The summed E-state index contributed by atoms with van der Waals surface area (Å²) >= 11 is 0. The van der Waals surface area contributed by atoms with Gasteiger partial charge in [-0.2, -0.15) is 0 Å². The molecule has 168 valence electrons. The largest absolute Gasteiger partial charge is 0.493 e. The summed E-state index contributed by atoms with van der Waals surface area (Å²) in [4.78, 5) is 4.68. The second kappa shape index (κ2) is 13.7. The van der Waals surface area contributed by atoms with E-state index < -0.39 is 0 Å². The fourth-order valence-electron chi connectivity index (χ4n) is 2.89. The summed E-state index contributed by atoms with van der Waals surface area (Å²) in [5, 5.41) is 6.65. The Balaban J connectivity index is 0.00000784. The van der Waals surface area contributed by atoms with Crippen LogP contribution >= 0.6 is 24.0 Å². The van der Waals surface area contributed by atoms with Crippen molar-refractivity contribution in [3.05, 3.63) is 17.7 Å². The zero-order valence-electron chi connectivity index (χ0n) is 19.0. The fraction of sp³-hybridized carbons (Fsp3) is 0.667. The molecule has 0 saturated heterocycles. The van der Waals surface area contributed by atoms with Crippen molar-refractivity contribution in [2.75, 3.05) is 48.1 Å². The molecule has 1 aromatic carbocycles. The third-order valence-electron chi connectivity index (χ3n) is 4.48. The van der Waals surface area contributed by atoms with Crippen LogP contribution in [-0.2, 0) is 11.2 Å². The predicted octanol–water partition coefficient (Wildman–Crippen LogP) is 3.49. The van der Waals surface area contributed by atoms with E-state index in [9.17, 15) is 0 Å². The van der Waals surface area contributed by atoms with Crippen LogP contribution in [0.25, 0.3) is 0 Å². The predicted molar refractivity (Wildman–Crippen MR) is 129 cm³/mol. The van der Waals surface area contributed by atoms with Gasteiger partial charge in [-0.25, -0.2) is 0 Å². The van der Waals surface area contributed by atoms with Crippen molar-refractivity contribution in [2.45, 2.75) is 40.2 Å². The van der Waals surface area contributed by atoms with Crippen LogP contribution in [0.1, 0.15) is 33.3 Å². The number of nitrogens with zero attached hydrogens (tertiary/aromatic N) is 1. The quantitative estimate of drug-likeness (QED) is 0.278. The number of rotatable bonds is 10. The zero-order valence-corrected chi connectivity index (χ0v) is 21.4. The highest BCUT2D eigenvalue weighted by atomic mass is 127. The molecule has 2 N–H and O–H groups in total. The molecule has 0 aliphatic rings. The topological polar surface area (TPSA) is 73.3 Å². The van der Waals surface area contributed by atoms with Crippen LogP contribution in [0.3, 0.4) is 0 Å². The highest BCUT2D eigenvalue weighted by Crippen LogP contribution is 2.39. The monoisotopic (exact) mass is 523 g/mol. The van der Waals surface area contributed by atoms with E-state index in [1.807, 2.05) is 19.1 Å². The van der Waals surface area contributed by atoms with Crippen LogP contribution in [0.15, 0.2) is 17.1 Å². The van der Waals surface area contributed by atoms with Gasteiger partial charge >= 0.3 is 0 Å². The van der Waals surface area contributed by atoms with Gasteiger partial charge in [-0.1, -0.05) is 26.8 Å². The minimum absolute atomic E-state index is 0. The Morgan fingerprint density at radius 3 is 2.14 bits per heavy atom. The molecular weight excluding hydrogens is 485 g/mol. The van der Waals surface area contributed by atoms with Crippen LogP contribution in [0.2, 0.25) is 0 Å². The highest BCUT2D eigenvalue weighted by Gasteiger charge is 2.24. The van der Waals surface area contributed by atoms with Crippen molar-refractivity contribution in [1.29, 1.82) is 0 Å². The lowest BCUT2D eigenvalue weighted by Gasteiger charge is -2.28. The Kier molecular flexibility index (Phi) is 13.1. The lowest BCUT2D eigenvalue weighted by molar-refractivity contribution is 0.0241. The lowest BCUT2D eigenvalue weighted by Crippen LogP contribution is -2.40. The Labute approximate surface area is 192 Å². The van der Waals surface area contributed by atoms with Gasteiger partial charge in [0.05, 0.1) is 34.0 Å². The van der Waals surface area contributed by atoms with E-state index in [1.54, 1.807) is 28.4 Å². The van der Waals surface area contributed by atoms with Gasteiger partial charge in [-0.15, -0.1) is 24.0 Å². The van der Waals surface area contributed by atoms with E-state index >= 15 is 0 Å². The molecule has 0 radical (unpaired) electrons. The van der Waals surface area contributed by atoms with Crippen LogP contribution < -0.4 is 24.8 Å². The molecule has 1 atom stereocenters. The number of halogens is 1. The molecule has 0 aromatic heterocycles. The maximum atomic E-state index is 5.59. The molecule has 0 heterocycles. The Bertz CT molecular complexity index is 633. The van der Waals surface area contributed by atoms with Gasteiger partial charge < -0.3 is 29.6 Å². The standard InChI is InChI=1S/C21H37N3O4.HI/c1-9-22-20(24-14-17(26-6)21(2,3)4)23-13-12-15-10-11-16(25-5)19(28-8)18(15)27-7;/h10-11,17H,9,12-14H2,1-8H3,(H2,22,23,24);1H. The van der Waals surface area contributed by atoms with Crippen molar-refractivity contribution in [1.82, 2.24) is 10.6 Å². The van der Waals surface area contributed by atoms with Gasteiger partial charge in [0, 0.05) is 25.8 Å². The Morgan fingerprint density at radius 2 is 1.66 bits per heavy atom. The van der Waals surface area contributed by atoms with Gasteiger partial charge in [0.2, 0.25) is 5.75 Å². The van der Waals surface area contributed by atoms with Gasteiger partial charge in [-0.3, -0.25) is 4.99 Å². The molecule has 0 saturated carbocycles. The molecule has 1 aromatic rings. The van der Waals surface area contributed by atoms with Crippen molar-refractivity contribution >= 4 is 29.9 Å². The number of aliphatic imine (C=N–C) groups is 1. The molecule has 0 amide bonds. The summed E-state index contributed by atoms with van der Waals surface area (Å²) in [5.41, 5.74) is 1.07. The van der Waals surface area contributed by atoms with Crippen molar-refractivity contribution in [3.63, 3.8) is 0 Å². The van der Waals surface area contributed by atoms with Crippen molar-refractivity contribution in [3.8, 4) is 17.2 Å². The van der Waals surface area contributed by atoms with E-state index in [0.717, 1.165) is 24.5 Å². The molecule has 0 aliphatic carbocycles. The number of guanidine groups is 1. The first kappa shape index (κ1) is 27.6. The summed E-state index contributed by atoms with van der Waals surface area (Å²) in [6.45, 7) is 10.6. The highest BCUT2D eigenvalue weighted by molar-refractivity contribution is 14.0. The van der Waals surface area contributed by atoms with Crippen molar-refractivity contribution < 1.29 is 18.9 Å². The summed E-state index contributed by atoms with van der Waals surface area (Å²) < 4.78 is 21.9. The molecule has 0 bridgehead atoms. The fourth-order valence-corrected chi connectivity index (χ4v) is 2.89. The maximum Gasteiger partial charge on any atom is 0.203 e. The SMILES string of the molecule is CCNC(=NCC(OC)C(C)(C)C)NCCc1ccc(OC)c(OC)c1OC.I. The molecule has 8 heteroatoms. The van der Waals surface area contributed by atoms with E-state index in [-0.39, 0.29) is 35.5 Å². The van der Waals surface area contributed by atoms with Crippen molar-refractivity contribution in [2.24, 2.45) is 10.4 Å². The van der Waals surface area contributed by atoms with Gasteiger partial charge in [0.1, 0.15) is 0 Å². The Morgan fingerprint density at radius 1 is 1.00 bits per heavy atom. The Hall–Kier alpha value is -1.42. The van der Waals surface area contributed by atoms with Crippen LogP contribution in [0, 0.1) is 5.41 Å². The second-order valence-corrected chi connectivity index (χ2v) is 7.48. The normalized spacial score (nSPS) is 12.6. The first-order valence-electron chi connectivity index (χ1n) is 9.65. The van der Waals surface area contributed by atoms with Gasteiger partial charge in [-0.05, 0) is 24.8 Å². The molecular formula is C21H38IN3O4. The lowest BCUT2D eigenvalue weighted by atomic mass is 9.89. The van der Waals surface area contributed by atoms with E-state index in [4.69, 9.17) is 18.9 Å². The third-order valence-corrected chi connectivity index (χ3v) is 4.48. The summed E-state index contributed by atoms with van der Waals surface area (Å²) in [6.07, 6.45) is 0.801. The number of nitrogens with one attached hydrogen (secondary N) is 2. The minimum Gasteiger partial charge on any atom is -0.493 e. The second-order valence-electron chi connectivity index (χ2n) is 7.48. The maximum absolute atomic E-state index is 5.59. The van der Waals surface area contributed by atoms with Gasteiger partial charge in [0.25, 0.3) is 0 Å². The summed E-state index contributed by atoms with van der Waals surface area (Å²) in [5.74, 6) is 2.72. The summed E-state index contributed by atoms with van der Waals surface area (Å²) in [7, 11) is 6.59. The molecule has 0 aliphatic heterocycles. The number of benzene rings is 1. The van der Waals surface area contributed by atoms with E-state index in [1.165, 1.54) is 0 Å². The molecule has 1 unspecified atom stereocenters. The molecule has 7 nitrogen and oxygen atoms in total. The third kappa shape index (κ3) is 8.46. The molecule has 0 fully saturated rings. The molecule has 0 spiro atoms. The average molecular weight is 523 g/mol. The molecule has 1 rings (SSSR count). The number of ether oxygens (including phenoxy) is 4. The van der Waals surface area contributed by atoms with Crippen LogP contribution in [-0.4, -0.2) is 60.1 Å². The minimum atomic E-state index is 0. The van der Waals surface area contributed by atoms with E-state index in [0.29, 0.717) is 30.3 Å². The first-order valence-corrected chi connectivity index (χ1v) is 9.65. The number of methoxy groups -OCH3 is 4. The zero-order chi connectivity index (χ0) is 21.2. The number of hydrogen-bond donors (Lipinski definition) is 2. The van der Waals surface area contributed by atoms with Gasteiger partial charge in [0.15, 0.2) is 17.5 Å². The van der Waals surface area contributed by atoms with E-state index in [2.05, 4.69) is 36.4 Å². The average Bonchev–Trinajstić information content (AvgIpc) is 2.66. The van der Waals surface area contributed by atoms with Crippen LogP contribution in [0.5, 0.6) is 17.2 Å². The molecule has 29 heavy (non-hydrogen) atoms. The first-order chi connectivity index (χ1) is 13.3. The number of hydrogen-bond acceptors (Lipinski definition) is 5. The smallest absolute Gasteiger partial charge is 0.203 e.